The van der Waals surface area contributed by atoms with Gasteiger partial charge in [0.05, 0.1) is 0 Å². The lowest BCUT2D eigenvalue weighted by Gasteiger charge is -2.24. The summed E-state index contributed by atoms with van der Waals surface area (Å²) in [7, 11) is 0. The summed E-state index contributed by atoms with van der Waals surface area (Å²) in [5, 5.41) is 3.22. The molecule has 0 atom stereocenters. The van der Waals surface area contributed by atoms with Crippen molar-refractivity contribution in [1.82, 2.24) is 5.32 Å². The smallest absolute Gasteiger partial charge is 0.129 e. The van der Waals surface area contributed by atoms with Crippen LogP contribution >= 0.6 is 0 Å². The Labute approximate surface area is 109 Å². The Morgan fingerprint density at radius 1 is 1.39 bits per heavy atom. The van der Waals surface area contributed by atoms with Crippen LogP contribution in [0.25, 0.3) is 0 Å². The van der Waals surface area contributed by atoms with E-state index in [0.29, 0.717) is 12.0 Å². The van der Waals surface area contributed by atoms with Crippen LogP contribution in [0.4, 0.5) is 10.1 Å². The zero-order chi connectivity index (χ0) is 13.2. The van der Waals surface area contributed by atoms with E-state index in [1.807, 2.05) is 19.1 Å². The molecular formula is C15H23FN2. The molecule has 100 valence electrons. The van der Waals surface area contributed by atoms with Crippen LogP contribution in [0.1, 0.15) is 32.8 Å². The molecule has 2 rings (SSSR count). The lowest BCUT2D eigenvalue weighted by atomic mass is 9.93. The summed E-state index contributed by atoms with van der Waals surface area (Å²) < 4.78 is 14.0. The molecule has 1 N–H and O–H groups in total. The third-order valence-corrected chi connectivity index (χ3v) is 3.66. The molecule has 1 saturated heterocycles. The summed E-state index contributed by atoms with van der Waals surface area (Å²) in [6.07, 6.45) is 1.17. The van der Waals surface area contributed by atoms with Gasteiger partial charge in [-0.05, 0) is 30.5 Å². The minimum Gasteiger partial charge on any atom is -0.371 e. The van der Waals surface area contributed by atoms with Gasteiger partial charge in [0, 0.05) is 30.9 Å². The van der Waals surface area contributed by atoms with Crippen molar-refractivity contribution >= 4 is 5.69 Å². The van der Waals surface area contributed by atoms with E-state index in [-0.39, 0.29) is 5.82 Å². The van der Waals surface area contributed by atoms with Gasteiger partial charge in [-0.15, -0.1) is 0 Å². The number of anilines is 1. The number of nitrogens with one attached hydrogen (secondary N) is 1. The molecule has 1 aliphatic rings. The number of benzene rings is 1. The van der Waals surface area contributed by atoms with Crippen LogP contribution in [0.3, 0.4) is 0 Å². The fourth-order valence-corrected chi connectivity index (χ4v) is 2.59. The zero-order valence-electron chi connectivity index (χ0n) is 11.6. The summed E-state index contributed by atoms with van der Waals surface area (Å²) in [6.45, 7) is 10.1. The van der Waals surface area contributed by atoms with Gasteiger partial charge in [-0.1, -0.05) is 26.8 Å². The predicted molar refractivity (Wildman–Crippen MR) is 74.4 cm³/mol. The van der Waals surface area contributed by atoms with Gasteiger partial charge in [0.25, 0.3) is 0 Å². The van der Waals surface area contributed by atoms with Crippen LogP contribution in [0, 0.1) is 11.2 Å². The molecule has 2 nitrogen and oxygen atoms in total. The Bertz CT molecular complexity index is 415. The molecule has 1 aliphatic heterocycles. The van der Waals surface area contributed by atoms with Gasteiger partial charge in [0.1, 0.15) is 5.82 Å². The van der Waals surface area contributed by atoms with Crippen molar-refractivity contribution in [1.29, 1.82) is 0 Å². The van der Waals surface area contributed by atoms with Gasteiger partial charge in [0.2, 0.25) is 0 Å². The second-order valence-corrected chi connectivity index (χ2v) is 5.85. The highest BCUT2D eigenvalue weighted by Gasteiger charge is 2.30. The third-order valence-electron chi connectivity index (χ3n) is 3.66. The van der Waals surface area contributed by atoms with Crippen molar-refractivity contribution in [2.24, 2.45) is 5.41 Å². The van der Waals surface area contributed by atoms with Gasteiger partial charge in [-0.2, -0.15) is 0 Å². The van der Waals surface area contributed by atoms with E-state index in [9.17, 15) is 4.39 Å². The van der Waals surface area contributed by atoms with E-state index < -0.39 is 0 Å². The topological polar surface area (TPSA) is 15.3 Å². The molecule has 0 aliphatic carbocycles. The molecule has 0 amide bonds. The maximum absolute atomic E-state index is 14.0. The molecule has 0 radical (unpaired) electrons. The van der Waals surface area contributed by atoms with E-state index in [4.69, 9.17) is 0 Å². The molecule has 0 bridgehead atoms. The van der Waals surface area contributed by atoms with Crippen molar-refractivity contribution in [3.05, 3.63) is 29.6 Å². The van der Waals surface area contributed by atoms with Crippen molar-refractivity contribution in [3.63, 3.8) is 0 Å². The molecule has 3 heteroatoms. The Hall–Kier alpha value is -1.09. The van der Waals surface area contributed by atoms with E-state index in [1.165, 1.54) is 6.42 Å². The van der Waals surface area contributed by atoms with Gasteiger partial charge in [-0.25, -0.2) is 4.39 Å². The summed E-state index contributed by atoms with van der Waals surface area (Å²) in [5.41, 5.74) is 2.19. The molecular weight excluding hydrogens is 227 g/mol. The van der Waals surface area contributed by atoms with Crippen LogP contribution in [-0.2, 0) is 6.54 Å². The van der Waals surface area contributed by atoms with Crippen LogP contribution in [0.2, 0.25) is 0 Å². The Morgan fingerprint density at radius 2 is 2.17 bits per heavy atom. The summed E-state index contributed by atoms with van der Waals surface area (Å²) in [6, 6.07) is 5.40. The summed E-state index contributed by atoms with van der Waals surface area (Å²) in [4.78, 5) is 2.32. The van der Waals surface area contributed by atoms with Crippen molar-refractivity contribution in [3.8, 4) is 0 Å². The summed E-state index contributed by atoms with van der Waals surface area (Å²) >= 11 is 0. The molecule has 1 aromatic carbocycles. The standard InChI is InChI=1S/C15H23FN2/c1-4-17-10-12-13(16)6-5-7-14(12)18-9-8-15(2,3)11-18/h5-7,17H,4,8-11H2,1-3H3. The predicted octanol–water partition coefficient (Wildman–Crippen LogP) is 3.17. The van der Waals surface area contributed by atoms with Gasteiger partial charge >= 0.3 is 0 Å². The van der Waals surface area contributed by atoms with E-state index >= 15 is 0 Å². The largest absolute Gasteiger partial charge is 0.371 e. The van der Waals surface area contributed by atoms with Gasteiger partial charge < -0.3 is 10.2 Å². The minimum atomic E-state index is -0.0989. The average Bonchev–Trinajstić information content (AvgIpc) is 2.68. The van der Waals surface area contributed by atoms with Crippen LogP contribution in [-0.4, -0.2) is 19.6 Å². The van der Waals surface area contributed by atoms with E-state index in [0.717, 1.165) is 30.9 Å². The third kappa shape index (κ3) is 2.83. The molecule has 1 heterocycles. The second-order valence-electron chi connectivity index (χ2n) is 5.85. The first-order valence-corrected chi connectivity index (χ1v) is 6.76. The fourth-order valence-electron chi connectivity index (χ4n) is 2.59. The Kier molecular flexibility index (Phi) is 3.91. The molecule has 0 spiro atoms. The van der Waals surface area contributed by atoms with E-state index in [1.54, 1.807) is 6.07 Å². The number of hydrogen-bond donors (Lipinski definition) is 1. The first-order chi connectivity index (χ1) is 8.53. The quantitative estimate of drug-likeness (QED) is 0.883. The van der Waals surface area contributed by atoms with Crippen molar-refractivity contribution in [2.45, 2.75) is 33.7 Å². The fraction of sp³-hybridized carbons (Fsp3) is 0.600. The van der Waals surface area contributed by atoms with Crippen LogP contribution in [0.15, 0.2) is 18.2 Å². The van der Waals surface area contributed by atoms with Crippen molar-refractivity contribution < 1.29 is 4.39 Å². The lowest BCUT2D eigenvalue weighted by molar-refractivity contribution is 0.418. The first kappa shape index (κ1) is 13.3. The van der Waals surface area contributed by atoms with Gasteiger partial charge in [0.15, 0.2) is 0 Å². The Balaban J connectivity index is 2.24. The Morgan fingerprint density at radius 3 is 2.78 bits per heavy atom. The highest BCUT2D eigenvalue weighted by Crippen LogP contribution is 2.34. The normalized spacial score (nSPS) is 18.3. The summed E-state index contributed by atoms with van der Waals surface area (Å²) in [5.74, 6) is -0.0989. The first-order valence-electron chi connectivity index (χ1n) is 6.76. The average molecular weight is 250 g/mol. The lowest BCUT2D eigenvalue weighted by Crippen LogP contribution is -2.25. The second kappa shape index (κ2) is 5.27. The number of hydrogen-bond acceptors (Lipinski definition) is 2. The van der Waals surface area contributed by atoms with Gasteiger partial charge in [-0.3, -0.25) is 0 Å². The highest BCUT2D eigenvalue weighted by molar-refractivity contribution is 5.55. The monoisotopic (exact) mass is 250 g/mol. The molecule has 1 aromatic rings. The van der Waals surface area contributed by atoms with E-state index in [2.05, 4.69) is 24.1 Å². The van der Waals surface area contributed by atoms with Crippen LogP contribution < -0.4 is 10.2 Å². The molecule has 18 heavy (non-hydrogen) atoms. The molecule has 1 fully saturated rings. The molecule has 0 unspecified atom stereocenters. The number of rotatable bonds is 4. The van der Waals surface area contributed by atoms with Crippen molar-refractivity contribution in [2.75, 3.05) is 24.5 Å². The zero-order valence-corrected chi connectivity index (χ0v) is 11.6. The molecule has 0 aromatic heterocycles. The molecule has 0 saturated carbocycles. The maximum atomic E-state index is 14.0. The van der Waals surface area contributed by atoms with Crippen LogP contribution in [0.5, 0.6) is 0 Å². The number of nitrogens with zero attached hydrogens (tertiary/aromatic N) is 1. The number of halogens is 1. The minimum absolute atomic E-state index is 0.0989. The SMILES string of the molecule is CCNCc1c(F)cccc1N1CCC(C)(C)C1. The highest BCUT2D eigenvalue weighted by atomic mass is 19.1. The maximum Gasteiger partial charge on any atom is 0.129 e.